The normalized spacial score (nSPS) is 21.3. The van der Waals surface area contributed by atoms with Crippen molar-refractivity contribution in [2.24, 2.45) is 0 Å². The van der Waals surface area contributed by atoms with Crippen molar-refractivity contribution in [3.8, 4) is 5.75 Å². The number of methoxy groups -OCH3 is 1. The molecule has 2 aromatic heterocycles. The molecule has 1 saturated heterocycles. The Labute approximate surface area is 290 Å². The average molecular weight is 700 g/mol. The molecule has 1 aliphatic heterocycles. The zero-order valence-electron chi connectivity index (χ0n) is 28.9. The van der Waals surface area contributed by atoms with Crippen LogP contribution in [0.15, 0.2) is 96.1 Å². The molecule has 3 heterocycles. The van der Waals surface area contributed by atoms with E-state index in [0.29, 0.717) is 12.0 Å². The van der Waals surface area contributed by atoms with Gasteiger partial charge in [-0.05, 0) is 47.0 Å². The summed E-state index contributed by atoms with van der Waals surface area (Å²) < 4.78 is 35.8. The summed E-state index contributed by atoms with van der Waals surface area (Å²) in [5, 5.41) is 13.6. The van der Waals surface area contributed by atoms with Crippen molar-refractivity contribution in [3.63, 3.8) is 0 Å². The Kier molecular flexibility index (Phi) is 9.29. The minimum Gasteiger partial charge on any atom is -0.497 e. The maximum absolute atomic E-state index is 16.6. The molecule has 1 fully saturated rings. The topological polar surface area (TPSA) is 141 Å². The molecule has 0 spiro atoms. The lowest BCUT2D eigenvalue weighted by atomic mass is 9.77. The van der Waals surface area contributed by atoms with E-state index in [1.54, 1.807) is 7.11 Å². The van der Waals surface area contributed by atoms with E-state index in [1.165, 1.54) is 10.9 Å². The largest absolute Gasteiger partial charge is 0.497 e. The van der Waals surface area contributed by atoms with Gasteiger partial charge in [0.25, 0.3) is 5.56 Å². The molecule has 0 saturated carbocycles. The number of nitrogens with one attached hydrogen (secondary N) is 2. The van der Waals surface area contributed by atoms with Crippen LogP contribution in [0.5, 0.6) is 5.75 Å². The van der Waals surface area contributed by atoms with E-state index in [-0.39, 0.29) is 22.2 Å². The minimum absolute atomic E-state index is 0.0133. The highest BCUT2D eigenvalue weighted by Gasteiger charge is 2.60. The number of rotatable bonds is 11. The molecule has 0 radical (unpaired) electrons. The number of hydrogen-bond acceptors (Lipinski definition) is 9. The van der Waals surface area contributed by atoms with Crippen LogP contribution in [0, 0.1) is 0 Å². The summed E-state index contributed by atoms with van der Waals surface area (Å²) in [5.41, 5.74) is -1.18. The van der Waals surface area contributed by atoms with E-state index in [1.807, 2.05) is 119 Å². The number of aromatic nitrogens is 4. The second-order valence-electron chi connectivity index (χ2n) is 14.1. The summed E-state index contributed by atoms with van der Waals surface area (Å²) in [5.74, 6) is 0.738. The Hall–Kier alpha value is -4.69. The van der Waals surface area contributed by atoms with Crippen molar-refractivity contribution < 1.29 is 28.2 Å². The van der Waals surface area contributed by atoms with Crippen LogP contribution in [0.3, 0.4) is 0 Å². The van der Waals surface area contributed by atoms with Gasteiger partial charge in [0.1, 0.15) is 17.4 Å². The van der Waals surface area contributed by atoms with Crippen LogP contribution < -0.4 is 15.6 Å². The van der Waals surface area contributed by atoms with Crippen molar-refractivity contribution in [1.29, 1.82) is 0 Å². The molecule has 0 aliphatic carbocycles. The number of aromatic amines is 1. The van der Waals surface area contributed by atoms with Gasteiger partial charge in [-0.2, -0.15) is 4.98 Å². The van der Waals surface area contributed by atoms with Crippen LogP contribution in [0.4, 0.5) is 10.3 Å². The van der Waals surface area contributed by atoms with Crippen molar-refractivity contribution in [2.45, 2.75) is 68.5 Å². The lowest BCUT2D eigenvalue weighted by Gasteiger charge is -2.41. The van der Waals surface area contributed by atoms with E-state index < -0.39 is 50.1 Å². The molecule has 5 aromatic rings. The summed E-state index contributed by atoms with van der Waals surface area (Å²) in [6.45, 7) is 9.03. The number of aliphatic hydroxyl groups excluding tert-OH is 1. The fraction of sp³-hybridized carbons (Fsp3) is 0.351. The number of fused-ring (bicyclic) bond motifs is 1. The van der Waals surface area contributed by atoms with Gasteiger partial charge in [-0.3, -0.25) is 19.1 Å². The molecule has 4 atom stereocenters. The molecular weight excluding hydrogens is 658 g/mol. The van der Waals surface area contributed by atoms with Crippen molar-refractivity contribution >= 4 is 31.7 Å². The van der Waals surface area contributed by atoms with Crippen molar-refractivity contribution in [3.05, 3.63) is 118 Å². The van der Waals surface area contributed by atoms with E-state index in [2.05, 4.69) is 15.3 Å². The third-order valence-electron chi connectivity index (χ3n) is 10.0. The monoisotopic (exact) mass is 699 g/mol. The highest BCUT2D eigenvalue weighted by atomic mass is 28.4. The van der Waals surface area contributed by atoms with E-state index in [0.717, 1.165) is 16.7 Å². The smallest absolute Gasteiger partial charge is 0.280 e. The standard InChI is InChI=1S/C37H42FN5O6Si/c1-35(2,3)50(5,6)49-30-28(38)33(48-36(30,21-44)22-45)43-23-39-29-31(43)40-34(41-32(29)46)42-37(24-13-9-7-10-14-24,25-15-11-8-12-16-25)26-17-19-27(47-4)20-18-26/h7-21,23,28,30,33,45H,22H2,1-6H3,(H2,40,41,42,46)/t28-,30-,33+,36+/m0/s1. The first kappa shape index (κ1) is 35.1. The Morgan fingerprint density at radius 3 is 2.12 bits per heavy atom. The number of imidazole rings is 1. The van der Waals surface area contributed by atoms with Crippen molar-refractivity contribution in [2.75, 3.05) is 19.0 Å². The number of aldehydes is 1. The highest BCUT2D eigenvalue weighted by molar-refractivity contribution is 6.74. The van der Waals surface area contributed by atoms with Gasteiger partial charge in [0.05, 0.1) is 20.0 Å². The van der Waals surface area contributed by atoms with Gasteiger partial charge in [0, 0.05) is 0 Å². The fourth-order valence-corrected chi connectivity index (χ4v) is 7.51. The summed E-state index contributed by atoms with van der Waals surface area (Å²) >= 11 is 0. The zero-order chi connectivity index (χ0) is 35.9. The van der Waals surface area contributed by atoms with Crippen LogP contribution in [0.1, 0.15) is 43.7 Å². The number of aliphatic hydroxyl groups is 1. The van der Waals surface area contributed by atoms with Gasteiger partial charge in [-0.15, -0.1) is 0 Å². The van der Waals surface area contributed by atoms with Gasteiger partial charge in [-0.1, -0.05) is 93.6 Å². The molecule has 3 aromatic carbocycles. The number of halogens is 1. The Morgan fingerprint density at radius 1 is 1.02 bits per heavy atom. The molecule has 6 rings (SSSR count). The molecule has 0 bridgehead atoms. The lowest BCUT2D eigenvalue weighted by molar-refractivity contribution is -0.150. The second-order valence-corrected chi connectivity index (χ2v) is 18.8. The Morgan fingerprint density at radius 2 is 1.60 bits per heavy atom. The molecule has 0 amide bonds. The number of hydrogen-bond donors (Lipinski definition) is 3. The van der Waals surface area contributed by atoms with Gasteiger partial charge in [0.15, 0.2) is 43.8 Å². The van der Waals surface area contributed by atoms with Gasteiger partial charge < -0.3 is 24.3 Å². The summed E-state index contributed by atoms with van der Waals surface area (Å²) in [4.78, 5) is 38.0. The molecule has 11 nitrogen and oxygen atoms in total. The maximum Gasteiger partial charge on any atom is 0.280 e. The third kappa shape index (κ3) is 5.93. The van der Waals surface area contributed by atoms with E-state index in [4.69, 9.17) is 18.9 Å². The average Bonchev–Trinajstić information content (AvgIpc) is 3.66. The molecular formula is C37H42FN5O6Si. The van der Waals surface area contributed by atoms with E-state index in [9.17, 15) is 14.7 Å². The number of nitrogens with zero attached hydrogens (tertiary/aromatic N) is 3. The minimum atomic E-state index is -2.65. The van der Waals surface area contributed by atoms with Crippen LogP contribution in [-0.4, -0.2) is 70.8 Å². The summed E-state index contributed by atoms with van der Waals surface area (Å²) in [7, 11) is -1.06. The first-order valence-electron chi connectivity index (χ1n) is 16.4. The predicted molar refractivity (Wildman–Crippen MR) is 191 cm³/mol. The summed E-state index contributed by atoms with van der Waals surface area (Å²) in [6, 6.07) is 27.0. The van der Waals surface area contributed by atoms with E-state index >= 15 is 4.39 Å². The maximum atomic E-state index is 16.6. The fourth-order valence-electron chi connectivity index (χ4n) is 6.19. The number of anilines is 1. The van der Waals surface area contributed by atoms with Crippen LogP contribution in [0.25, 0.3) is 11.2 Å². The predicted octanol–water partition coefficient (Wildman–Crippen LogP) is 5.72. The zero-order valence-corrected chi connectivity index (χ0v) is 29.9. The highest BCUT2D eigenvalue weighted by Crippen LogP contribution is 2.46. The van der Waals surface area contributed by atoms with Crippen LogP contribution in [0.2, 0.25) is 18.1 Å². The SMILES string of the molecule is COc1ccc(C(Nc2nc3c(ncn3[C@@H]3O[C@](C=O)(CO)[C@@H](O[Si](C)(C)C(C)(C)C)[C@@H]3F)c(=O)[nH]2)(c2ccccc2)c2ccccc2)cc1. The van der Waals surface area contributed by atoms with Gasteiger partial charge >= 0.3 is 0 Å². The second kappa shape index (κ2) is 13.2. The third-order valence-corrected chi connectivity index (χ3v) is 14.5. The van der Waals surface area contributed by atoms with Crippen LogP contribution in [-0.2, 0) is 19.5 Å². The number of H-pyrrole nitrogens is 1. The molecule has 13 heteroatoms. The molecule has 262 valence electrons. The number of alkyl halides is 1. The molecule has 50 heavy (non-hydrogen) atoms. The quantitative estimate of drug-likeness (QED) is 0.0897. The first-order chi connectivity index (χ1) is 23.8. The van der Waals surface area contributed by atoms with Crippen molar-refractivity contribution in [1.82, 2.24) is 19.5 Å². The number of benzene rings is 3. The molecule has 3 N–H and O–H groups in total. The van der Waals surface area contributed by atoms with Gasteiger partial charge in [0.2, 0.25) is 5.95 Å². The first-order valence-corrected chi connectivity index (χ1v) is 19.3. The van der Waals surface area contributed by atoms with Gasteiger partial charge in [-0.25, -0.2) is 9.37 Å². The lowest BCUT2D eigenvalue weighted by Crippen LogP contribution is -2.55. The number of carbonyl (C=O) groups excluding carboxylic acids is 1. The Bertz CT molecular complexity index is 1980. The number of ether oxygens (including phenoxy) is 2. The number of carbonyl (C=O) groups is 1. The Balaban J connectivity index is 1.50. The van der Waals surface area contributed by atoms with Crippen LogP contribution >= 0.6 is 0 Å². The summed E-state index contributed by atoms with van der Waals surface area (Å²) in [6.07, 6.45) is -3.16. The molecule has 1 aliphatic rings. The molecule has 0 unspecified atom stereocenters.